The number of nitrogens with zero attached hydrogens (tertiary/aromatic N) is 2. The zero-order chi connectivity index (χ0) is 20.0. The van der Waals surface area contributed by atoms with Gasteiger partial charge in [-0.15, -0.1) is 0 Å². The highest BCUT2D eigenvalue weighted by Crippen LogP contribution is 2.32. The summed E-state index contributed by atoms with van der Waals surface area (Å²) < 4.78 is 34.5. The molecule has 0 saturated heterocycles. The Morgan fingerprint density at radius 1 is 1.07 bits per heavy atom. The van der Waals surface area contributed by atoms with Crippen molar-refractivity contribution in [1.82, 2.24) is 0 Å². The van der Waals surface area contributed by atoms with Crippen molar-refractivity contribution >= 4 is 17.1 Å². The number of benzene rings is 2. The van der Waals surface area contributed by atoms with Crippen LogP contribution in [0.3, 0.4) is 0 Å². The molecule has 0 fully saturated rings. The second-order valence-corrected chi connectivity index (χ2v) is 5.16. The third-order valence-electron chi connectivity index (χ3n) is 3.40. The molecule has 2 rings (SSSR count). The maximum atomic E-state index is 12.4. The maximum Gasteiger partial charge on any atom is 0.387 e. The van der Waals surface area contributed by atoms with Crippen LogP contribution >= 0.6 is 0 Å². The van der Waals surface area contributed by atoms with Crippen molar-refractivity contribution in [3.8, 4) is 11.5 Å². The molecule has 0 radical (unpaired) electrons. The summed E-state index contributed by atoms with van der Waals surface area (Å²) in [5, 5.41) is 24.7. The summed E-state index contributed by atoms with van der Waals surface area (Å²) >= 11 is 0. The van der Waals surface area contributed by atoms with Gasteiger partial charge in [0.05, 0.1) is 22.5 Å². The third kappa shape index (κ3) is 5.23. The van der Waals surface area contributed by atoms with Crippen molar-refractivity contribution in [2.45, 2.75) is 20.1 Å². The molecule has 0 spiro atoms. The molecule has 0 aliphatic rings. The van der Waals surface area contributed by atoms with Crippen LogP contribution in [0, 0.1) is 20.2 Å². The van der Waals surface area contributed by atoms with E-state index in [1.807, 2.05) is 0 Å². The Kier molecular flexibility index (Phi) is 6.41. The molecule has 27 heavy (non-hydrogen) atoms. The molecule has 0 saturated carbocycles. The van der Waals surface area contributed by atoms with Gasteiger partial charge in [0.25, 0.3) is 11.4 Å². The van der Waals surface area contributed by atoms with Crippen LogP contribution in [0.1, 0.15) is 12.5 Å². The van der Waals surface area contributed by atoms with Crippen molar-refractivity contribution in [3.63, 3.8) is 0 Å². The summed E-state index contributed by atoms with van der Waals surface area (Å²) in [6, 6.07) is 7.48. The van der Waals surface area contributed by atoms with E-state index in [0.29, 0.717) is 5.56 Å². The number of alkyl halides is 2. The van der Waals surface area contributed by atoms with Gasteiger partial charge in [-0.05, 0) is 30.7 Å². The number of non-ortho nitro benzene ring substituents is 1. The SMILES string of the molecule is CCOc1cc(CNc2ccc([N+](=O)[O-])cc2[N+](=O)[O-])ccc1OC(F)F. The van der Waals surface area contributed by atoms with Gasteiger partial charge in [-0.2, -0.15) is 8.78 Å². The molecule has 144 valence electrons. The predicted octanol–water partition coefficient (Wildman–Crippen LogP) is 4.12. The zero-order valence-electron chi connectivity index (χ0n) is 14.1. The van der Waals surface area contributed by atoms with Crippen LogP contribution in [-0.4, -0.2) is 23.1 Å². The highest BCUT2D eigenvalue weighted by atomic mass is 19.3. The molecule has 11 heteroatoms. The number of nitro groups is 2. The minimum absolute atomic E-state index is 0.0801. The quantitative estimate of drug-likeness (QED) is 0.511. The lowest BCUT2D eigenvalue weighted by molar-refractivity contribution is -0.393. The predicted molar refractivity (Wildman–Crippen MR) is 91.3 cm³/mol. The fourth-order valence-corrected chi connectivity index (χ4v) is 2.26. The molecule has 0 amide bonds. The molecule has 0 aliphatic carbocycles. The van der Waals surface area contributed by atoms with E-state index in [2.05, 4.69) is 10.1 Å². The van der Waals surface area contributed by atoms with Gasteiger partial charge < -0.3 is 14.8 Å². The number of rotatable bonds is 9. The fraction of sp³-hybridized carbons (Fsp3) is 0.250. The standard InChI is InChI=1S/C16H15F2N3O6/c1-2-26-15-7-10(3-6-14(15)27-16(17)18)9-19-12-5-4-11(20(22)23)8-13(12)21(24)25/h3-8,16,19H,2,9H2,1H3. The Bertz CT molecular complexity index is 847. The van der Waals surface area contributed by atoms with Crippen molar-refractivity contribution in [3.05, 3.63) is 62.2 Å². The van der Waals surface area contributed by atoms with Gasteiger partial charge in [0, 0.05) is 12.6 Å². The van der Waals surface area contributed by atoms with E-state index < -0.39 is 27.8 Å². The number of hydrogen-bond acceptors (Lipinski definition) is 7. The van der Waals surface area contributed by atoms with Gasteiger partial charge in [0.15, 0.2) is 11.5 Å². The lowest BCUT2D eigenvalue weighted by Gasteiger charge is -2.13. The molecular formula is C16H15F2N3O6. The number of nitro benzene ring substituents is 2. The van der Waals surface area contributed by atoms with E-state index in [4.69, 9.17) is 4.74 Å². The number of halogens is 2. The molecule has 1 N–H and O–H groups in total. The fourth-order valence-electron chi connectivity index (χ4n) is 2.26. The Balaban J connectivity index is 2.22. The summed E-state index contributed by atoms with van der Waals surface area (Å²) in [7, 11) is 0. The Morgan fingerprint density at radius 3 is 2.41 bits per heavy atom. The number of nitrogens with one attached hydrogen (secondary N) is 1. The molecule has 9 nitrogen and oxygen atoms in total. The molecule has 0 heterocycles. The van der Waals surface area contributed by atoms with E-state index in [1.165, 1.54) is 24.3 Å². The highest BCUT2D eigenvalue weighted by molar-refractivity contribution is 5.65. The van der Waals surface area contributed by atoms with Gasteiger partial charge in [-0.3, -0.25) is 20.2 Å². The average Bonchev–Trinajstić information content (AvgIpc) is 2.61. The van der Waals surface area contributed by atoms with Crippen LogP contribution in [0.2, 0.25) is 0 Å². The molecule has 0 aliphatic heterocycles. The molecule has 0 aromatic heterocycles. The summed E-state index contributed by atoms with van der Waals surface area (Å²) in [5.41, 5.74) is -0.199. The molecule has 2 aromatic carbocycles. The van der Waals surface area contributed by atoms with Gasteiger partial charge in [-0.1, -0.05) is 6.07 Å². The molecule has 0 atom stereocenters. The van der Waals surface area contributed by atoms with Gasteiger partial charge in [0.1, 0.15) is 5.69 Å². The van der Waals surface area contributed by atoms with Gasteiger partial charge >= 0.3 is 6.61 Å². The van der Waals surface area contributed by atoms with E-state index in [1.54, 1.807) is 6.92 Å². The van der Waals surface area contributed by atoms with E-state index in [0.717, 1.165) is 12.1 Å². The Morgan fingerprint density at radius 2 is 1.81 bits per heavy atom. The number of anilines is 1. The first kappa shape index (κ1) is 19.8. The topological polar surface area (TPSA) is 117 Å². The van der Waals surface area contributed by atoms with Crippen molar-refractivity contribution in [2.24, 2.45) is 0 Å². The first-order valence-electron chi connectivity index (χ1n) is 7.69. The minimum Gasteiger partial charge on any atom is -0.490 e. The lowest BCUT2D eigenvalue weighted by atomic mass is 10.2. The van der Waals surface area contributed by atoms with Crippen LogP contribution in [0.15, 0.2) is 36.4 Å². The zero-order valence-corrected chi connectivity index (χ0v) is 14.1. The normalized spacial score (nSPS) is 10.5. The highest BCUT2D eigenvalue weighted by Gasteiger charge is 2.19. The Labute approximate surface area is 151 Å². The summed E-state index contributed by atoms with van der Waals surface area (Å²) in [6.07, 6.45) is 0. The molecule has 2 aromatic rings. The van der Waals surface area contributed by atoms with Crippen LogP contribution < -0.4 is 14.8 Å². The second kappa shape index (κ2) is 8.74. The van der Waals surface area contributed by atoms with Crippen LogP contribution in [-0.2, 0) is 6.54 Å². The first-order valence-corrected chi connectivity index (χ1v) is 7.69. The number of hydrogen-bond donors (Lipinski definition) is 1. The third-order valence-corrected chi connectivity index (χ3v) is 3.40. The lowest BCUT2D eigenvalue weighted by Crippen LogP contribution is -2.06. The summed E-state index contributed by atoms with van der Waals surface area (Å²) in [5.74, 6) is -0.0211. The first-order chi connectivity index (χ1) is 12.8. The van der Waals surface area contributed by atoms with Crippen LogP contribution in [0.5, 0.6) is 11.5 Å². The molecular weight excluding hydrogens is 368 g/mol. The van der Waals surface area contributed by atoms with Gasteiger partial charge in [0.2, 0.25) is 0 Å². The number of ether oxygens (including phenoxy) is 2. The average molecular weight is 383 g/mol. The summed E-state index contributed by atoms with van der Waals surface area (Å²) in [6.45, 7) is -1.01. The van der Waals surface area contributed by atoms with E-state index in [9.17, 15) is 29.0 Å². The van der Waals surface area contributed by atoms with Crippen LogP contribution in [0.4, 0.5) is 25.8 Å². The van der Waals surface area contributed by atoms with E-state index >= 15 is 0 Å². The monoisotopic (exact) mass is 383 g/mol. The molecule has 0 bridgehead atoms. The summed E-state index contributed by atoms with van der Waals surface area (Å²) in [4.78, 5) is 20.4. The second-order valence-electron chi connectivity index (χ2n) is 5.16. The van der Waals surface area contributed by atoms with Crippen molar-refractivity contribution < 1.29 is 28.1 Å². The van der Waals surface area contributed by atoms with Crippen molar-refractivity contribution in [2.75, 3.05) is 11.9 Å². The Hall–Kier alpha value is -3.50. The van der Waals surface area contributed by atoms with E-state index in [-0.39, 0.29) is 30.3 Å². The van der Waals surface area contributed by atoms with Crippen LogP contribution in [0.25, 0.3) is 0 Å². The van der Waals surface area contributed by atoms with Crippen molar-refractivity contribution in [1.29, 1.82) is 0 Å². The molecule has 0 unspecified atom stereocenters. The smallest absolute Gasteiger partial charge is 0.387 e. The largest absolute Gasteiger partial charge is 0.490 e. The maximum absolute atomic E-state index is 12.4. The minimum atomic E-state index is -3.00. The van der Waals surface area contributed by atoms with Gasteiger partial charge in [-0.25, -0.2) is 0 Å².